The molecule has 0 bridgehead atoms. The molecule has 0 nitrogen and oxygen atoms in total. The third kappa shape index (κ3) is 3.48. The van der Waals surface area contributed by atoms with E-state index in [4.69, 9.17) is 6.58 Å². The van der Waals surface area contributed by atoms with E-state index in [0.29, 0.717) is 0 Å². The summed E-state index contributed by atoms with van der Waals surface area (Å²) in [4.78, 5) is 0. The van der Waals surface area contributed by atoms with Gasteiger partial charge in [-0.1, -0.05) is 25.2 Å². The average molecular weight is 80.1 g/mol. The molecule has 0 atom stereocenters. The van der Waals surface area contributed by atoms with E-state index in [0.717, 1.165) is 6.42 Å². The van der Waals surface area contributed by atoms with Crippen molar-refractivity contribution in [3.63, 3.8) is 0 Å². The minimum Gasteiger partial charge on any atom is -0.0848 e. The first kappa shape index (κ1) is 5.48. The van der Waals surface area contributed by atoms with Crippen LogP contribution in [0.1, 0.15) is 13.3 Å². The fourth-order valence-electron chi connectivity index (χ4n) is 0.204. The molecule has 0 spiro atoms. The van der Waals surface area contributed by atoms with Gasteiger partial charge in [0.15, 0.2) is 0 Å². The van der Waals surface area contributed by atoms with Crippen LogP contribution in [0.15, 0.2) is 18.2 Å². The van der Waals surface area contributed by atoms with Gasteiger partial charge in [0.2, 0.25) is 0 Å². The molecule has 0 aromatic heterocycles. The molecule has 0 rings (SSSR count). The van der Waals surface area contributed by atoms with Gasteiger partial charge in [0.1, 0.15) is 0 Å². The number of allylic oxidation sites excluding steroid dienone is 3. The second kappa shape index (κ2) is 4.48. The second-order valence-corrected chi connectivity index (χ2v) is 1.00. The fraction of sp³-hybridized carbons (Fsp3) is 0.333. The molecule has 0 aromatic carbocycles. The molecular weight excluding hydrogens is 72.1 g/mol. The van der Waals surface area contributed by atoms with Gasteiger partial charge in [-0.2, -0.15) is 0 Å². The minimum absolute atomic E-state index is 1.02. The van der Waals surface area contributed by atoms with Crippen molar-refractivity contribution < 1.29 is 0 Å². The van der Waals surface area contributed by atoms with E-state index >= 15 is 0 Å². The topological polar surface area (TPSA) is 0 Å². The quantitative estimate of drug-likeness (QED) is 0.444. The summed E-state index contributed by atoms with van der Waals surface area (Å²) in [5.74, 6) is 0. The maximum Gasteiger partial charge on any atom is -0.00991 e. The van der Waals surface area contributed by atoms with Crippen molar-refractivity contribution in [3.8, 4) is 0 Å². The van der Waals surface area contributed by atoms with Crippen molar-refractivity contribution in [2.24, 2.45) is 0 Å². The van der Waals surface area contributed by atoms with E-state index in [1.807, 2.05) is 13.0 Å². The molecule has 0 saturated carbocycles. The Bertz CT molecular complexity index is 51.1. The van der Waals surface area contributed by atoms with Gasteiger partial charge in [-0.05, 0) is 13.0 Å². The highest BCUT2D eigenvalue weighted by molar-refractivity contribution is 4.94. The van der Waals surface area contributed by atoms with Crippen LogP contribution in [0.5, 0.6) is 0 Å². The van der Waals surface area contributed by atoms with Crippen LogP contribution in [-0.2, 0) is 0 Å². The highest BCUT2D eigenvalue weighted by Crippen LogP contribution is 1.76. The van der Waals surface area contributed by atoms with Gasteiger partial charge >= 0.3 is 0 Å². The summed E-state index contributed by atoms with van der Waals surface area (Å²) in [6, 6.07) is 0. The van der Waals surface area contributed by atoms with Gasteiger partial charge in [-0.25, -0.2) is 0 Å². The third-order valence-corrected chi connectivity index (χ3v) is 0.468. The van der Waals surface area contributed by atoms with Crippen molar-refractivity contribution in [2.45, 2.75) is 13.3 Å². The normalized spacial score (nSPS) is 9.50. The van der Waals surface area contributed by atoms with Gasteiger partial charge in [-0.15, -0.1) is 0 Å². The lowest BCUT2D eigenvalue weighted by atomic mass is 10.4. The van der Waals surface area contributed by atoms with Crippen molar-refractivity contribution in [1.82, 2.24) is 0 Å². The lowest BCUT2D eigenvalue weighted by Crippen LogP contribution is -1.46. The molecule has 0 aliphatic carbocycles. The van der Waals surface area contributed by atoms with Gasteiger partial charge in [0, 0.05) is 0 Å². The van der Waals surface area contributed by atoms with Crippen LogP contribution in [0.25, 0.3) is 0 Å². The Morgan fingerprint density at radius 2 is 2.33 bits per heavy atom. The summed E-state index contributed by atoms with van der Waals surface area (Å²) in [7, 11) is 0. The Kier molecular flexibility index (Phi) is 4.09. The molecule has 0 aliphatic heterocycles. The molecule has 0 unspecified atom stereocenters. The van der Waals surface area contributed by atoms with Crippen LogP contribution in [0, 0.1) is 6.58 Å². The predicted octanol–water partition coefficient (Wildman–Crippen LogP) is 1.82. The second-order valence-electron chi connectivity index (χ2n) is 1.00. The number of hydrogen-bond acceptors (Lipinski definition) is 0. The number of hydrogen-bond donors (Lipinski definition) is 0. The largest absolute Gasteiger partial charge is 0.0848 e. The zero-order chi connectivity index (χ0) is 4.83. The molecule has 0 saturated heterocycles. The molecule has 6 heavy (non-hydrogen) atoms. The highest BCUT2D eigenvalue weighted by atomic mass is 13.6. The zero-order valence-corrected chi connectivity index (χ0v) is 3.94. The summed E-state index contributed by atoms with van der Waals surface area (Å²) in [5, 5.41) is 0. The van der Waals surface area contributed by atoms with Gasteiger partial charge in [0.05, 0.1) is 0 Å². The van der Waals surface area contributed by atoms with Crippen molar-refractivity contribution in [3.05, 3.63) is 24.8 Å². The highest BCUT2D eigenvalue weighted by Gasteiger charge is 1.55. The summed E-state index contributed by atoms with van der Waals surface area (Å²) >= 11 is 0. The Labute approximate surface area is 39.2 Å². The molecule has 2 radical (unpaired) electrons. The summed E-state index contributed by atoms with van der Waals surface area (Å²) in [6.45, 7) is 8.54. The van der Waals surface area contributed by atoms with Crippen LogP contribution < -0.4 is 0 Å². The standard InChI is InChI=1S/C6H8/c1-3-5-6-4-2/h4-6H,3H2,1H3/b6-5+. The zero-order valence-electron chi connectivity index (χ0n) is 3.94. The Morgan fingerprint density at radius 3 is 2.50 bits per heavy atom. The van der Waals surface area contributed by atoms with E-state index in [1.54, 1.807) is 6.08 Å². The first-order chi connectivity index (χ1) is 2.91. The van der Waals surface area contributed by atoms with E-state index < -0.39 is 0 Å². The molecule has 0 heterocycles. The maximum atomic E-state index is 6.49. The lowest BCUT2D eigenvalue weighted by molar-refractivity contribution is 1.22. The van der Waals surface area contributed by atoms with Crippen molar-refractivity contribution >= 4 is 0 Å². The molecular formula is C6H8. The predicted molar refractivity (Wildman–Crippen MR) is 27.2 cm³/mol. The van der Waals surface area contributed by atoms with Crippen LogP contribution in [0.4, 0.5) is 0 Å². The molecule has 0 heteroatoms. The molecule has 0 aliphatic rings. The van der Waals surface area contributed by atoms with E-state index in [9.17, 15) is 0 Å². The van der Waals surface area contributed by atoms with Crippen molar-refractivity contribution in [1.29, 1.82) is 0 Å². The first-order valence-corrected chi connectivity index (χ1v) is 2.07. The van der Waals surface area contributed by atoms with Crippen LogP contribution in [0.3, 0.4) is 0 Å². The molecule has 0 N–H and O–H groups in total. The van der Waals surface area contributed by atoms with Gasteiger partial charge < -0.3 is 0 Å². The van der Waals surface area contributed by atoms with Crippen LogP contribution in [-0.4, -0.2) is 0 Å². The number of rotatable bonds is 2. The maximum absolute atomic E-state index is 6.49. The first-order valence-electron chi connectivity index (χ1n) is 2.07. The lowest BCUT2D eigenvalue weighted by Gasteiger charge is -1.67. The third-order valence-electron chi connectivity index (χ3n) is 0.468. The van der Waals surface area contributed by atoms with Gasteiger partial charge in [0.25, 0.3) is 0 Å². The SMILES string of the molecule is [C]=C/C=C/CC. The molecule has 32 valence electrons. The monoisotopic (exact) mass is 80.1 g/mol. The molecule has 0 amide bonds. The van der Waals surface area contributed by atoms with E-state index in [2.05, 4.69) is 0 Å². The summed E-state index contributed by atoms with van der Waals surface area (Å²) in [6.07, 6.45) is 5.96. The van der Waals surface area contributed by atoms with Crippen LogP contribution >= 0.6 is 0 Å². The van der Waals surface area contributed by atoms with E-state index in [-0.39, 0.29) is 0 Å². The minimum atomic E-state index is 1.02. The Balaban J connectivity index is 2.94. The summed E-state index contributed by atoms with van der Waals surface area (Å²) in [5.41, 5.74) is 0. The Hall–Kier alpha value is -0.520. The summed E-state index contributed by atoms with van der Waals surface area (Å²) < 4.78 is 0. The molecule has 0 aromatic rings. The van der Waals surface area contributed by atoms with Crippen LogP contribution in [0.2, 0.25) is 0 Å². The van der Waals surface area contributed by atoms with E-state index in [1.165, 1.54) is 6.08 Å². The smallest absolute Gasteiger partial charge is 0.00991 e. The Morgan fingerprint density at radius 1 is 1.67 bits per heavy atom. The molecule has 0 fully saturated rings. The fourth-order valence-corrected chi connectivity index (χ4v) is 0.204. The van der Waals surface area contributed by atoms with Gasteiger partial charge in [-0.3, -0.25) is 0 Å². The van der Waals surface area contributed by atoms with Crippen molar-refractivity contribution in [2.75, 3.05) is 0 Å². The average Bonchev–Trinajstić information content (AvgIpc) is 1.61.